The fourth-order valence-corrected chi connectivity index (χ4v) is 4.26. The van der Waals surface area contributed by atoms with E-state index in [9.17, 15) is 10.2 Å². The lowest BCUT2D eigenvalue weighted by molar-refractivity contribution is 0.122. The maximum atomic E-state index is 10.3. The lowest BCUT2D eigenvalue weighted by Gasteiger charge is -2.29. The SMILES string of the molecule is Oc1cc(O)c(-c2onc3c2CN(Cc2cccc(N4CCOCC4)n2)CC3)cc1Cl. The largest absolute Gasteiger partial charge is 0.507 e. The Morgan fingerprint density at radius 1 is 1.06 bits per heavy atom. The van der Waals surface area contributed by atoms with Crippen molar-refractivity contribution in [3.05, 3.63) is 52.3 Å². The van der Waals surface area contributed by atoms with Gasteiger partial charge in [-0.2, -0.15) is 0 Å². The standard InChI is InChI=1S/C22H23ClN4O4/c23-17-10-15(19(28)11-20(17)29)22-16-13-26(5-4-18(16)25-31-22)12-14-2-1-3-21(24-14)27-6-8-30-9-7-27/h1-3,10-11,28-29H,4-9,12-13H2. The second kappa shape index (κ2) is 8.37. The predicted molar refractivity (Wildman–Crippen MR) is 115 cm³/mol. The maximum absolute atomic E-state index is 10.3. The summed E-state index contributed by atoms with van der Waals surface area (Å²) in [6.07, 6.45) is 0.745. The van der Waals surface area contributed by atoms with Crippen LogP contribution in [-0.2, 0) is 24.2 Å². The monoisotopic (exact) mass is 442 g/mol. The molecule has 0 bridgehead atoms. The summed E-state index contributed by atoms with van der Waals surface area (Å²) in [4.78, 5) is 9.39. The highest BCUT2D eigenvalue weighted by atomic mass is 35.5. The van der Waals surface area contributed by atoms with E-state index < -0.39 is 0 Å². The minimum Gasteiger partial charge on any atom is -0.507 e. The average molecular weight is 443 g/mol. The molecule has 31 heavy (non-hydrogen) atoms. The molecule has 0 saturated carbocycles. The zero-order chi connectivity index (χ0) is 21.4. The van der Waals surface area contributed by atoms with Crippen molar-refractivity contribution in [1.82, 2.24) is 15.0 Å². The summed E-state index contributed by atoms with van der Waals surface area (Å²) < 4.78 is 11.0. The van der Waals surface area contributed by atoms with E-state index >= 15 is 0 Å². The first-order valence-corrected chi connectivity index (χ1v) is 10.7. The smallest absolute Gasteiger partial charge is 0.175 e. The number of ether oxygens (including phenoxy) is 1. The molecular formula is C22H23ClN4O4. The predicted octanol–water partition coefficient (Wildman–Crippen LogP) is 3.20. The van der Waals surface area contributed by atoms with Crippen molar-refractivity contribution in [1.29, 1.82) is 0 Å². The third-order valence-electron chi connectivity index (χ3n) is 5.74. The van der Waals surface area contributed by atoms with Gasteiger partial charge in [0.25, 0.3) is 0 Å². The summed E-state index contributed by atoms with van der Waals surface area (Å²) in [6, 6.07) is 8.84. The van der Waals surface area contributed by atoms with Gasteiger partial charge in [0.15, 0.2) is 5.76 Å². The van der Waals surface area contributed by atoms with Crippen molar-refractivity contribution in [2.75, 3.05) is 37.7 Å². The van der Waals surface area contributed by atoms with E-state index in [-0.39, 0.29) is 16.5 Å². The van der Waals surface area contributed by atoms with Gasteiger partial charge in [0.2, 0.25) is 0 Å². The Morgan fingerprint density at radius 2 is 1.90 bits per heavy atom. The average Bonchev–Trinajstić information content (AvgIpc) is 3.20. The van der Waals surface area contributed by atoms with Crippen molar-refractivity contribution in [2.45, 2.75) is 19.5 Å². The molecular weight excluding hydrogens is 420 g/mol. The van der Waals surface area contributed by atoms with Gasteiger partial charge in [-0.25, -0.2) is 4.98 Å². The fraction of sp³-hybridized carbons (Fsp3) is 0.364. The van der Waals surface area contributed by atoms with E-state index in [0.717, 1.165) is 62.0 Å². The van der Waals surface area contributed by atoms with Crippen molar-refractivity contribution in [3.63, 3.8) is 0 Å². The molecule has 2 aliphatic rings. The Labute approximate surface area is 184 Å². The molecule has 1 saturated heterocycles. The Balaban J connectivity index is 1.36. The number of benzene rings is 1. The van der Waals surface area contributed by atoms with Crippen molar-refractivity contribution in [2.24, 2.45) is 0 Å². The number of hydrogen-bond donors (Lipinski definition) is 2. The summed E-state index contributed by atoms with van der Waals surface area (Å²) in [5, 5.41) is 24.4. The number of aromatic nitrogens is 2. The number of rotatable bonds is 4. The number of phenolic OH excluding ortho intramolecular Hbond substituents is 2. The van der Waals surface area contributed by atoms with Gasteiger partial charge in [0, 0.05) is 50.8 Å². The lowest BCUT2D eigenvalue weighted by atomic mass is 10.0. The Kier molecular flexibility index (Phi) is 5.43. The fourth-order valence-electron chi connectivity index (χ4n) is 4.10. The summed E-state index contributed by atoms with van der Waals surface area (Å²) in [5.41, 5.74) is 3.23. The molecule has 0 atom stereocenters. The van der Waals surface area contributed by atoms with Crippen LogP contribution in [0.15, 0.2) is 34.9 Å². The first-order chi connectivity index (χ1) is 15.1. The van der Waals surface area contributed by atoms with E-state index in [1.165, 1.54) is 12.1 Å². The minimum absolute atomic E-state index is 0.0992. The van der Waals surface area contributed by atoms with E-state index in [1.807, 2.05) is 18.2 Å². The summed E-state index contributed by atoms with van der Waals surface area (Å²) in [5.74, 6) is 1.18. The zero-order valence-corrected chi connectivity index (χ0v) is 17.7. The first-order valence-electron chi connectivity index (χ1n) is 10.3. The van der Waals surface area contributed by atoms with Gasteiger partial charge < -0.3 is 24.4 Å². The van der Waals surface area contributed by atoms with Crippen LogP contribution in [0, 0.1) is 0 Å². The number of anilines is 1. The van der Waals surface area contributed by atoms with Crippen LogP contribution in [0.4, 0.5) is 5.82 Å². The molecule has 1 aromatic carbocycles. The van der Waals surface area contributed by atoms with Gasteiger partial charge in [-0.15, -0.1) is 0 Å². The molecule has 162 valence electrons. The summed E-state index contributed by atoms with van der Waals surface area (Å²) >= 11 is 6.05. The van der Waals surface area contributed by atoms with Crippen LogP contribution < -0.4 is 4.90 Å². The van der Waals surface area contributed by atoms with Crippen molar-refractivity contribution in [3.8, 4) is 22.8 Å². The summed E-state index contributed by atoms with van der Waals surface area (Å²) in [7, 11) is 0. The van der Waals surface area contributed by atoms with Crippen LogP contribution in [-0.4, -0.2) is 58.1 Å². The van der Waals surface area contributed by atoms with Crippen molar-refractivity contribution < 1.29 is 19.5 Å². The number of phenols is 2. The second-order valence-corrected chi connectivity index (χ2v) is 8.21. The van der Waals surface area contributed by atoms with E-state index in [1.54, 1.807) is 0 Å². The lowest BCUT2D eigenvalue weighted by Crippen LogP contribution is -2.37. The molecule has 8 nitrogen and oxygen atoms in total. The van der Waals surface area contributed by atoms with Gasteiger partial charge in [-0.3, -0.25) is 4.90 Å². The normalized spacial score (nSPS) is 17.0. The molecule has 5 rings (SSSR count). The Bertz CT molecular complexity index is 1100. The number of fused-ring (bicyclic) bond motifs is 1. The van der Waals surface area contributed by atoms with Crippen LogP contribution in [0.2, 0.25) is 5.02 Å². The van der Waals surface area contributed by atoms with Gasteiger partial charge in [-0.05, 0) is 18.2 Å². The molecule has 0 aliphatic carbocycles. The zero-order valence-electron chi connectivity index (χ0n) is 16.9. The molecule has 0 radical (unpaired) electrons. The molecule has 0 unspecified atom stereocenters. The van der Waals surface area contributed by atoms with E-state index in [2.05, 4.69) is 15.0 Å². The molecule has 3 aromatic rings. The Morgan fingerprint density at radius 3 is 2.74 bits per heavy atom. The maximum Gasteiger partial charge on any atom is 0.175 e. The second-order valence-electron chi connectivity index (χ2n) is 7.80. The summed E-state index contributed by atoms with van der Waals surface area (Å²) in [6.45, 7) is 5.32. The molecule has 0 amide bonds. The third kappa shape index (κ3) is 4.06. The number of nitrogens with zero attached hydrogens (tertiary/aromatic N) is 4. The molecule has 9 heteroatoms. The third-order valence-corrected chi connectivity index (χ3v) is 6.04. The molecule has 2 aliphatic heterocycles. The molecule has 1 fully saturated rings. The van der Waals surface area contributed by atoms with Gasteiger partial charge in [0.1, 0.15) is 17.3 Å². The van der Waals surface area contributed by atoms with Gasteiger partial charge in [-0.1, -0.05) is 22.8 Å². The highest BCUT2D eigenvalue weighted by molar-refractivity contribution is 6.32. The number of morpholine rings is 1. The quantitative estimate of drug-likeness (QED) is 0.636. The number of aromatic hydroxyl groups is 2. The number of hydrogen-bond acceptors (Lipinski definition) is 8. The first kappa shape index (κ1) is 20.1. The van der Waals surface area contributed by atoms with Gasteiger partial charge >= 0.3 is 0 Å². The van der Waals surface area contributed by atoms with Crippen LogP contribution in [0.3, 0.4) is 0 Å². The number of pyridine rings is 1. The Hall–Kier alpha value is -2.81. The van der Waals surface area contributed by atoms with E-state index in [4.69, 9.17) is 25.8 Å². The van der Waals surface area contributed by atoms with Gasteiger partial charge in [0.05, 0.1) is 35.2 Å². The minimum atomic E-state index is -0.177. The molecule has 2 N–H and O–H groups in total. The molecule has 2 aromatic heterocycles. The van der Waals surface area contributed by atoms with Crippen LogP contribution in [0.25, 0.3) is 11.3 Å². The van der Waals surface area contributed by atoms with Crippen molar-refractivity contribution >= 4 is 17.4 Å². The van der Waals surface area contributed by atoms with Crippen LogP contribution in [0.5, 0.6) is 11.5 Å². The highest BCUT2D eigenvalue weighted by Gasteiger charge is 2.27. The number of halogens is 1. The van der Waals surface area contributed by atoms with Crippen LogP contribution >= 0.6 is 11.6 Å². The molecule has 4 heterocycles. The topological polar surface area (TPSA) is 95.1 Å². The molecule has 0 spiro atoms. The van der Waals surface area contributed by atoms with Crippen LogP contribution in [0.1, 0.15) is 17.0 Å². The highest BCUT2D eigenvalue weighted by Crippen LogP contribution is 2.40. The van der Waals surface area contributed by atoms with E-state index in [0.29, 0.717) is 24.4 Å².